The second kappa shape index (κ2) is 11.6. The van der Waals surface area contributed by atoms with E-state index >= 15 is 0 Å². The number of anilines is 2. The summed E-state index contributed by atoms with van der Waals surface area (Å²) < 4.78 is 6.44. The van der Waals surface area contributed by atoms with Gasteiger partial charge in [-0.2, -0.15) is 0 Å². The number of carbonyl (C=O) groups is 2. The average molecular weight is 505 g/mol. The van der Waals surface area contributed by atoms with Gasteiger partial charge in [-0.15, -0.1) is 0 Å². The van der Waals surface area contributed by atoms with Crippen molar-refractivity contribution >= 4 is 34.1 Å². The van der Waals surface area contributed by atoms with Crippen LogP contribution in [0.2, 0.25) is 0 Å². The molecule has 3 N–H and O–H groups in total. The van der Waals surface area contributed by atoms with E-state index in [0.29, 0.717) is 35.8 Å². The van der Waals surface area contributed by atoms with Crippen LogP contribution in [0, 0.1) is 5.92 Å². The van der Waals surface area contributed by atoms with E-state index in [1.165, 1.54) is 0 Å². The zero-order valence-electron chi connectivity index (χ0n) is 21.9. The van der Waals surface area contributed by atoms with Crippen LogP contribution in [0.5, 0.6) is 5.75 Å². The maximum absolute atomic E-state index is 13.3. The number of carbonyl (C=O) groups excluding carboxylic acids is 2. The first-order valence-electron chi connectivity index (χ1n) is 12.7. The fraction of sp³-hybridized carbons (Fsp3) is 0.379. The van der Waals surface area contributed by atoms with Crippen LogP contribution in [0.3, 0.4) is 0 Å². The normalized spacial score (nSPS) is 18.9. The van der Waals surface area contributed by atoms with Crippen LogP contribution in [-0.2, 0) is 11.2 Å². The van der Waals surface area contributed by atoms with Crippen LogP contribution < -0.4 is 15.4 Å². The Bertz CT molecular complexity index is 1260. The van der Waals surface area contributed by atoms with E-state index in [2.05, 4.69) is 22.5 Å². The van der Waals surface area contributed by atoms with Crippen LogP contribution in [0.4, 0.5) is 16.2 Å². The molecule has 1 aliphatic heterocycles. The molecule has 0 bridgehead atoms. The molecule has 4 rings (SSSR count). The number of aliphatic hydroxyl groups excluding tert-OH is 1. The maximum atomic E-state index is 13.3. The van der Waals surface area contributed by atoms with E-state index < -0.39 is 0 Å². The lowest BCUT2D eigenvalue weighted by atomic mass is 10.0. The lowest BCUT2D eigenvalue weighted by Gasteiger charge is -2.33. The highest BCUT2D eigenvalue weighted by molar-refractivity contribution is 6.06. The van der Waals surface area contributed by atoms with Crippen LogP contribution in [0.1, 0.15) is 19.4 Å². The molecule has 8 heteroatoms. The Balaban J connectivity index is 1.58. The Morgan fingerprint density at radius 2 is 1.89 bits per heavy atom. The molecule has 3 atom stereocenters. The summed E-state index contributed by atoms with van der Waals surface area (Å²) in [6.45, 7) is 4.98. The maximum Gasteiger partial charge on any atom is 0.323 e. The number of rotatable bonds is 6. The summed E-state index contributed by atoms with van der Waals surface area (Å²) in [6, 6.07) is 18.3. The smallest absolute Gasteiger partial charge is 0.323 e. The highest BCUT2D eigenvalue weighted by atomic mass is 16.5. The summed E-state index contributed by atoms with van der Waals surface area (Å²) in [5, 5.41) is 17.6. The van der Waals surface area contributed by atoms with Gasteiger partial charge in [0, 0.05) is 35.6 Å². The minimum Gasteiger partial charge on any atom is -0.488 e. The number of hydrogen-bond donors (Lipinski definition) is 3. The molecule has 37 heavy (non-hydrogen) atoms. The van der Waals surface area contributed by atoms with Crippen molar-refractivity contribution in [1.29, 1.82) is 0 Å². The molecule has 3 amide bonds. The molecule has 196 valence electrons. The van der Waals surface area contributed by atoms with Crippen molar-refractivity contribution in [2.45, 2.75) is 32.4 Å². The van der Waals surface area contributed by atoms with Crippen molar-refractivity contribution in [2.24, 2.45) is 5.92 Å². The summed E-state index contributed by atoms with van der Waals surface area (Å²) in [4.78, 5) is 30.0. The summed E-state index contributed by atoms with van der Waals surface area (Å²) in [5.41, 5.74) is 1.97. The van der Waals surface area contributed by atoms with Crippen molar-refractivity contribution in [3.63, 3.8) is 0 Å². The Morgan fingerprint density at radius 3 is 2.65 bits per heavy atom. The van der Waals surface area contributed by atoms with Gasteiger partial charge in [0.1, 0.15) is 11.9 Å². The van der Waals surface area contributed by atoms with Gasteiger partial charge in [-0.05, 0) is 50.7 Å². The third kappa shape index (κ3) is 6.39. The molecule has 8 nitrogen and oxygen atoms in total. The van der Waals surface area contributed by atoms with Crippen molar-refractivity contribution in [1.82, 2.24) is 9.80 Å². The average Bonchev–Trinajstić information content (AvgIpc) is 2.91. The summed E-state index contributed by atoms with van der Waals surface area (Å²) in [6.07, 6.45) is -0.0387. The molecule has 1 aliphatic rings. The first-order chi connectivity index (χ1) is 17.7. The molecule has 0 saturated heterocycles. The molecular formula is C29H36N4O4. The van der Waals surface area contributed by atoms with Gasteiger partial charge in [0.05, 0.1) is 24.8 Å². The zero-order chi connectivity index (χ0) is 26.5. The molecule has 0 unspecified atom stereocenters. The molecular weight excluding hydrogens is 468 g/mol. The number of amides is 3. The first-order valence-corrected chi connectivity index (χ1v) is 12.7. The van der Waals surface area contributed by atoms with Crippen molar-refractivity contribution in [3.8, 4) is 5.75 Å². The Morgan fingerprint density at radius 1 is 1.14 bits per heavy atom. The number of urea groups is 1. The number of ether oxygens (including phenoxy) is 1. The largest absolute Gasteiger partial charge is 0.488 e. The number of hydrogen-bond acceptors (Lipinski definition) is 5. The van der Waals surface area contributed by atoms with E-state index in [-0.39, 0.29) is 43.0 Å². The minimum atomic E-state index is -0.374. The lowest BCUT2D eigenvalue weighted by Crippen LogP contribution is -2.47. The lowest BCUT2D eigenvalue weighted by molar-refractivity contribution is -0.134. The fourth-order valence-corrected chi connectivity index (χ4v) is 4.70. The Kier molecular flexibility index (Phi) is 8.31. The monoisotopic (exact) mass is 504 g/mol. The van der Waals surface area contributed by atoms with Gasteiger partial charge in [-0.25, -0.2) is 4.79 Å². The van der Waals surface area contributed by atoms with Gasteiger partial charge in [0.25, 0.3) is 0 Å². The summed E-state index contributed by atoms with van der Waals surface area (Å²) in [5.74, 6) is 0.599. The Labute approximate surface area is 218 Å². The van der Waals surface area contributed by atoms with Crippen LogP contribution >= 0.6 is 0 Å². The number of benzene rings is 3. The van der Waals surface area contributed by atoms with Crippen molar-refractivity contribution in [3.05, 3.63) is 66.2 Å². The predicted octanol–water partition coefficient (Wildman–Crippen LogP) is 4.19. The number of aliphatic hydroxyl groups is 1. The van der Waals surface area contributed by atoms with E-state index in [1.807, 2.05) is 69.6 Å². The highest BCUT2D eigenvalue weighted by Crippen LogP contribution is 2.29. The van der Waals surface area contributed by atoms with Crippen LogP contribution in [-0.4, -0.2) is 72.8 Å². The number of likely N-dealkylation sites (N-methyl/N-ethyl adjacent to an activating group) is 1. The van der Waals surface area contributed by atoms with Gasteiger partial charge in [-0.1, -0.05) is 43.3 Å². The number of nitrogens with zero attached hydrogens (tertiary/aromatic N) is 2. The van der Waals surface area contributed by atoms with Crippen LogP contribution in [0.15, 0.2) is 60.7 Å². The molecule has 0 saturated carbocycles. The van der Waals surface area contributed by atoms with Crippen LogP contribution in [0.25, 0.3) is 10.8 Å². The van der Waals surface area contributed by atoms with Gasteiger partial charge >= 0.3 is 6.03 Å². The third-order valence-electron chi connectivity index (χ3n) is 6.76. The predicted molar refractivity (Wildman–Crippen MR) is 147 cm³/mol. The van der Waals surface area contributed by atoms with E-state index in [1.54, 1.807) is 17.0 Å². The van der Waals surface area contributed by atoms with Gasteiger partial charge in [0.15, 0.2) is 0 Å². The quantitative estimate of drug-likeness (QED) is 0.468. The van der Waals surface area contributed by atoms with Crippen molar-refractivity contribution in [2.75, 3.05) is 44.4 Å². The third-order valence-corrected chi connectivity index (χ3v) is 6.76. The van der Waals surface area contributed by atoms with E-state index in [0.717, 1.165) is 10.8 Å². The summed E-state index contributed by atoms with van der Waals surface area (Å²) in [7, 11) is 3.98. The standard InChI is InChI=1S/C29H36N4O4/c1-19-16-33(20(2)18-34)28(35)15-22-14-23(12-13-26(22)37-27(19)17-32(3)4)30-29(36)31-25-11-7-9-21-8-5-6-10-24(21)25/h5-14,19-20,27,34H,15-18H2,1-4H3,(H2,30,31,36)/t19-,20+,27-/m1/s1. The molecule has 0 radical (unpaired) electrons. The summed E-state index contributed by atoms with van der Waals surface area (Å²) >= 11 is 0. The van der Waals surface area contributed by atoms with Gasteiger partial charge in [0.2, 0.25) is 5.91 Å². The molecule has 0 fully saturated rings. The van der Waals surface area contributed by atoms with E-state index in [4.69, 9.17) is 4.74 Å². The molecule has 3 aromatic carbocycles. The van der Waals surface area contributed by atoms with Gasteiger partial charge < -0.3 is 30.3 Å². The fourth-order valence-electron chi connectivity index (χ4n) is 4.70. The minimum absolute atomic E-state index is 0.0515. The zero-order valence-corrected chi connectivity index (χ0v) is 21.9. The number of fused-ring (bicyclic) bond motifs is 2. The SMILES string of the molecule is C[C@@H]1CN([C@@H](C)CO)C(=O)Cc2cc(NC(=O)Nc3cccc4ccccc34)ccc2O[C@@H]1CN(C)C. The van der Waals surface area contributed by atoms with Gasteiger partial charge in [-0.3, -0.25) is 4.79 Å². The molecule has 3 aromatic rings. The second-order valence-electron chi connectivity index (χ2n) is 10.1. The highest BCUT2D eigenvalue weighted by Gasteiger charge is 2.30. The molecule has 0 spiro atoms. The first kappa shape index (κ1) is 26.4. The second-order valence-corrected chi connectivity index (χ2v) is 10.1. The molecule has 1 heterocycles. The molecule has 0 aromatic heterocycles. The molecule has 0 aliphatic carbocycles. The Hall–Kier alpha value is -3.62. The number of nitrogens with one attached hydrogen (secondary N) is 2. The van der Waals surface area contributed by atoms with Crippen molar-refractivity contribution < 1.29 is 19.4 Å². The topological polar surface area (TPSA) is 94.1 Å². The van der Waals surface area contributed by atoms with E-state index in [9.17, 15) is 14.7 Å².